The first-order chi connectivity index (χ1) is 7.81. The van der Waals surface area contributed by atoms with Crippen molar-refractivity contribution in [2.45, 2.75) is 53.3 Å². The van der Waals surface area contributed by atoms with Crippen LogP contribution in [0.3, 0.4) is 0 Å². The minimum atomic E-state index is -4.25. The molecule has 0 aliphatic carbocycles. The van der Waals surface area contributed by atoms with E-state index in [9.17, 15) is 13.2 Å². The van der Waals surface area contributed by atoms with Gasteiger partial charge in [-0.3, -0.25) is 0 Å². The average molecular weight is 269 g/mol. The highest BCUT2D eigenvalue weighted by molar-refractivity contribution is 4.80. The Hall–Kier alpha value is -0.290. The maximum atomic E-state index is 12.0. The zero-order chi connectivity index (χ0) is 14.6. The molecule has 0 aliphatic heterocycles. The number of hydrogen-bond donors (Lipinski definition) is 1. The van der Waals surface area contributed by atoms with E-state index in [0.29, 0.717) is 6.54 Å². The second-order valence-electron chi connectivity index (χ2n) is 6.82. The number of hydrogen-bond acceptors (Lipinski definition) is 2. The maximum absolute atomic E-state index is 12.0. The summed E-state index contributed by atoms with van der Waals surface area (Å²) >= 11 is 0. The third kappa shape index (κ3) is 9.71. The van der Waals surface area contributed by atoms with Crippen LogP contribution in [0.15, 0.2) is 0 Å². The highest BCUT2D eigenvalue weighted by atomic mass is 19.4. The standard InChI is InChI=1S/C13H26F3NO/c1-11(2,3)10(7-17-12(4,5)6)8-18-9-13(14,15)16/h10,17H,7-9H2,1-6H3. The summed E-state index contributed by atoms with van der Waals surface area (Å²) in [5.74, 6) is 0.0408. The predicted octanol–water partition coefficient (Wildman–Crippen LogP) is 3.62. The maximum Gasteiger partial charge on any atom is 0.411 e. The Labute approximate surface area is 108 Å². The van der Waals surface area contributed by atoms with E-state index in [-0.39, 0.29) is 23.5 Å². The first-order valence-corrected chi connectivity index (χ1v) is 6.21. The molecule has 0 fully saturated rings. The van der Waals surface area contributed by atoms with Gasteiger partial charge in [0.05, 0.1) is 6.61 Å². The van der Waals surface area contributed by atoms with Gasteiger partial charge in [0.2, 0.25) is 0 Å². The highest BCUT2D eigenvalue weighted by Crippen LogP contribution is 2.27. The summed E-state index contributed by atoms with van der Waals surface area (Å²) < 4.78 is 40.9. The summed E-state index contributed by atoms with van der Waals surface area (Å²) in [6, 6.07) is 0. The first-order valence-electron chi connectivity index (χ1n) is 6.21. The van der Waals surface area contributed by atoms with E-state index in [1.165, 1.54) is 0 Å². The molecule has 0 amide bonds. The molecule has 0 saturated carbocycles. The lowest BCUT2D eigenvalue weighted by Gasteiger charge is -2.33. The zero-order valence-electron chi connectivity index (χ0n) is 12.2. The van der Waals surface area contributed by atoms with Crippen molar-refractivity contribution in [1.82, 2.24) is 5.32 Å². The van der Waals surface area contributed by atoms with E-state index in [2.05, 4.69) is 5.32 Å². The Kier molecular flexibility index (Phi) is 6.14. The topological polar surface area (TPSA) is 21.3 Å². The second kappa shape index (κ2) is 6.24. The minimum absolute atomic E-state index is 0.0408. The summed E-state index contributed by atoms with van der Waals surface area (Å²) in [6.07, 6.45) is -4.25. The summed E-state index contributed by atoms with van der Waals surface area (Å²) in [6.45, 7) is 11.7. The van der Waals surface area contributed by atoms with Crippen molar-refractivity contribution in [2.24, 2.45) is 11.3 Å². The fraction of sp³-hybridized carbons (Fsp3) is 1.00. The van der Waals surface area contributed by atoms with Crippen LogP contribution in [0.4, 0.5) is 13.2 Å². The zero-order valence-corrected chi connectivity index (χ0v) is 12.2. The van der Waals surface area contributed by atoms with E-state index in [4.69, 9.17) is 4.74 Å². The second-order valence-corrected chi connectivity index (χ2v) is 6.82. The van der Waals surface area contributed by atoms with Crippen LogP contribution in [0.2, 0.25) is 0 Å². The molecule has 0 spiro atoms. The first kappa shape index (κ1) is 17.7. The van der Waals surface area contributed by atoms with Gasteiger partial charge in [-0.2, -0.15) is 13.2 Å². The molecule has 0 bridgehead atoms. The van der Waals surface area contributed by atoms with Gasteiger partial charge in [0, 0.05) is 12.1 Å². The van der Waals surface area contributed by atoms with Gasteiger partial charge in [-0.1, -0.05) is 20.8 Å². The Morgan fingerprint density at radius 2 is 1.50 bits per heavy atom. The normalized spacial score (nSPS) is 15.8. The van der Waals surface area contributed by atoms with E-state index in [0.717, 1.165) is 0 Å². The predicted molar refractivity (Wildman–Crippen MR) is 67.6 cm³/mol. The molecule has 0 aromatic rings. The Morgan fingerprint density at radius 1 is 1.00 bits per heavy atom. The summed E-state index contributed by atoms with van der Waals surface area (Å²) in [5, 5.41) is 3.31. The van der Waals surface area contributed by atoms with Gasteiger partial charge >= 0.3 is 6.18 Å². The molecule has 0 saturated heterocycles. The van der Waals surface area contributed by atoms with Gasteiger partial charge in [-0.05, 0) is 32.1 Å². The van der Waals surface area contributed by atoms with Crippen molar-refractivity contribution in [1.29, 1.82) is 0 Å². The van der Waals surface area contributed by atoms with Crippen LogP contribution in [-0.4, -0.2) is 31.5 Å². The molecule has 0 radical (unpaired) electrons. The van der Waals surface area contributed by atoms with Crippen LogP contribution in [0, 0.1) is 11.3 Å². The molecule has 1 N–H and O–H groups in total. The van der Waals surface area contributed by atoms with Crippen LogP contribution >= 0.6 is 0 Å². The summed E-state index contributed by atoms with van der Waals surface area (Å²) in [5.41, 5.74) is -0.141. The molecule has 0 rings (SSSR count). The molecule has 110 valence electrons. The van der Waals surface area contributed by atoms with Crippen LogP contribution in [0.1, 0.15) is 41.5 Å². The van der Waals surface area contributed by atoms with Crippen molar-refractivity contribution in [3.8, 4) is 0 Å². The van der Waals surface area contributed by atoms with Crippen LogP contribution in [0.25, 0.3) is 0 Å². The molecule has 0 aliphatic rings. The molecular formula is C13H26F3NO. The molecule has 0 aromatic carbocycles. The Balaban J connectivity index is 4.26. The van der Waals surface area contributed by atoms with Gasteiger partial charge in [0.15, 0.2) is 0 Å². The molecule has 0 aromatic heterocycles. The quantitative estimate of drug-likeness (QED) is 0.823. The number of ether oxygens (including phenoxy) is 1. The lowest BCUT2D eigenvalue weighted by atomic mass is 9.81. The third-order valence-electron chi connectivity index (χ3n) is 2.69. The molecule has 1 unspecified atom stereocenters. The van der Waals surface area contributed by atoms with Crippen LogP contribution in [-0.2, 0) is 4.74 Å². The van der Waals surface area contributed by atoms with Gasteiger partial charge in [0.25, 0.3) is 0 Å². The largest absolute Gasteiger partial charge is 0.411 e. The SMILES string of the molecule is CC(C)(C)NCC(COCC(F)(F)F)C(C)(C)C. The molecule has 0 heterocycles. The highest BCUT2D eigenvalue weighted by Gasteiger charge is 2.30. The molecule has 5 heteroatoms. The Morgan fingerprint density at radius 3 is 1.83 bits per heavy atom. The molecule has 2 nitrogen and oxygen atoms in total. The van der Waals surface area contributed by atoms with Crippen LogP contribution in [0.5, 0.6) is 0 Å². The van der Waals surface area contributed by atoms with Crippen molar-refractivity contribution in [3.63, 3.8) is 0 Å². The van der Waals surface area contributed by atoms with Crippen molar-refractivity contribution >= 4 is 0 Å². The van der Waals surface area contributed by atoms with Crippen molar-refractivity contribution in [2.75, 3.05) is 19.8 Å². The lowest BCUT2D eigenvalue weighted by molar-refractivity contribution is -0.178. The number of rotatable bonds is 5. The van der Waals surface area contributed by atoms with Gasteiger partial charge in [-0.25, -0.2) is 0 Å². The van der Waals surface area contributed by atoms with Gasteiger partial charge < -0.3 is 10.1 Å². The van der Waals surface area contributed by atoms with Gasteiger partial charge in [-0.15, -0.1) is 0 Å². The third-order valence-corrected chi connectivity index (χ3v) is 2.69. The smallest absolute Gasteiger partial charge is 0.372 e. The van der Waals surface area contributed by atoms with Gasteiger partial charge in [0.1, 0.15) is 6.61 Å². The number of halogens is 3. The van der Waals surface area contributed by atoms with E-state index in [1.54, 1.807) is 0 Å². The fourth-order valence-corrected chi connectivity index (χ4v) is 1.36. The van der Waals surface area contributed by atoms with E-state index >= 15 is 0 Å². The molecule has 1 atom stereocenters. The fourth-order valence-electron chi connectivity index (χ4n) is 1.36. The van der Waals surface area contributed by atoms with E-state index < -0.39 is 12.8 Å². The van der Waals surface area contributed by atoms with E-state index in [1.807, 2.05) is 41.5 Å². The number of nitrogens with one attached hydrogen (secondary N) is 1. The molecule has 18 heavy (non-hydrogen) atoms. The monoisotopic (exact) mass is 269 g/mol. The number of alkyl halides is 3. The van der Waals surface area contributed by atoms with Crippen molar-refractivity contribution < 1.29 is 17.9 Å². The van der Waals surface area contributed by atoms with Crippen molar-refractivity contribution in [3.05, 3.63) is 0 Å². The van der Waals surface area contributed by atoms with Crippen LogP contribution < -0.4 is 5.32 Å². The minimum Gasteiger partial charge on any atom is -0.372 e. The molecular weight excluding hydrogens is 243 g/mol. The lowest BCUT2D eigenvalue weighted by Crippen LogP contribution is -2.43. The summed E-state index contributed by atoms with van der Waals surface area (Å²) in [4.78, 5) is 0. The average Bonchev–Trinajstić information content (AvgIpc) is 2.04. The Bertz CT molecular complexity index is 238. The summed E-state index contributed by atoms with van der Waals surface area (Å²) in [7, 11) is 0.